The summed E-state index contributed by atoms with van der Waals surface area (Å²) in [6.45, 7) is 0. The van der Waals surface area contributed by atoms with E-state index in [0.717, 1.165) is 12.8 Å². The van der Waals surface area contributed by atoms with Gasteiger partial charge in [0.15, 0.2) is 0 Å². The van der Waals surface area contributed by atoms with Gasteiger partial charge in [-0.3, -0.25) is 0 Å². The number of nitrogens with zero attached hydrogens (tertiary/aromatic N) is 3. The third-order valence-electron chi connectivity index (χ3n) is 2.34. The van der Waals surface area contributed by atoms with Crippen LogP contribution in [0.5, 0.6) is 0 Å². The van der Waals surface area contributed by atoms with Gasteiger partial charge >= 0.3 is 0 Å². The maximum absolute atomic E-state index is 8.87. The molecule has 4 heteroatoms. The molecule has 0 saturated heterocycles. The number of hydrogen-bond donors (Lipinski definition) is 1. The molecule has 4 nitrogen and oxygen atoms in total. The largest absolute Gasteiger partial charge is 0.308 e. The second-order valence-electron chi connectivity index (χ2n) is 3.62. The Morgan fingerprint density at radius 3 is 2.19 bits per heavy atom. The normalized spacial score (nSPS) is 10.8. The summed E-state index contributed by atoms with van der Waals surface area (Å²) in [6.07, 6.45) is 4.40. The van der Waals surface area contributed by atoms with E-state index in [-0.39, 0.29) is 5.92 Å². The quantitative estimate of drug-likeness (QED) is 0.499. The van der Waals surface area contributed by atoms with Gasteiger partial charge in [-0.2, -0.15) is 15.8 Å². The van der Waals surface area contributed by atoms with Crippen LogP contribution in [0.4, 0.5) is 0 Å². The molecule has 84 valence electrons. The molecule has 0 aliphatic rings. The van der Waals surface area contributed by atoms with Crippen LogP contribution in [0.15, 0.2) is 0 Å². The molecule has 1 unspecified atom stereocenters. The van der Waals surface area contributed by atoms with E-state index >= 15 is 0 Å². The van der Waals surface area contributed by atoms with E-state index < -0.39 is 0 Å². The average molecular weight is 216 g/mol. The predicted octanol–water partition coefficient (Wildman–Crippen LogP) is 2.92. The molecule has 0 amide bonds. The van der Waals surface area contributed by atoms with Crippen LogP contribution in [-0.2, 0) is 0 Å². The Morgan fingerprint density at radius 1 is 1.00 bits per heavy atom. The van der Waals surface area contributed by atoms with Crippen molar-refractivity contribution in [2.75, 3.05) is 0 Å². The van der Waals surface area contributed by atoms with Gasteiger partial charge in [0.25, 0.3) is 0 Å². The minimum Gasteiger partial charge on any atom is -0.308 e. The van der Waals surface area contributed by atoms with Crippen LogP contribution < -0.4 is 0 Å². The lowest BCUT2D eigenvalue weighted by Crippen LogP contribution is -2.11. The SMILES string of the molecule is N#CCCCCC(=N)C(C#N)CCCC#N. The molecule has 0 radical (unpaired) electrons. The van der Waals surface area contributed by atoms with Crippen LogP contribution in [0.1, 0.15) is 44.9 Å². The fourth-order valence-electron chi connectivity index (χ4n) is 1.40. The first-order chi connectivity index (χ1) is 7.76. The van der Waals surface area contributed by atoms with Crippen molar-refractivity contribution in [1.29, 1.82) is 21.2 Å². The molecule has 0 saturated carbocycles. The lowest BCUT2D eigenvalue weighted by atomic mass is 9.94. The highest BCUT2D eigenvalue weighted by atomic mass is 14.4. The van der Waals surface area contributed by atoms with E-state index in [1.807, 2.05) is 6.07 Å². The number of unbranched alkanes of at least 4 members (excludes halogenated alkanes) is 3. The summed E-state index contributed by atoms with van der Waals surface area (Å²) in [5, 5.41) is 33.3. The molecule has 1 atom stereocenters. The second kappa shape index (κ2) is 9.69. The highest BCUT2D eigenvalue weighted by molar-refractivity contribution is 5.85. The Balaban J connectivity index is 3.81. The maximum atomic E-state index is 8.87. The third-order valence-corrected chi connectivity index (χ3v) is 2.34. The van der Waals surface area contributed by atoms with E-state index in [0.29, 0.717) is 37.8 Å². The van der Waals surface area contributed by atoms with Gasteiger partial charge in [-0.15, -0.1) is 0 Å². The number of nitriles is 3. The van der Waals surface area contributed by atoms with Gasteiger partial charge in [-0.05, 0) is 32.1 Å². The lowest BCUT2D eigenvalue weighted by molar-refractivity contribution is 0.673. The van der Waals surface area contributed by atoms with E-state index in [9.17, 15) is 0 Å². The Bertz CT molecular complexity index is 326. The standard InChI is InChI=1S/C12H16N4/c13-8-4-1-2-7-12(16)11(10-15)6-3-5-9-14/h11,16H,1-7H2. The summed E-state index contributed by atoms with van der Waals surface area (Å²) in [4.78, 5) is 0. The van der Waals surface area contributed by atoms with Crippen LogP contribution in [0.25, 0.3) is 0 Å². The summed E-state index contributed by atoms with van der Waals surface area (Å²) >= 11 is 0. The molecule has 0 aliphatic heterocycles. The summed E-state index contributed by atoms with van der Waals surface area (Å²) in [5.74, 6) is -0.351. The molecule has 0 spiro atoms. The molecule has 0 rings (SSSR count). The molecule has 0 bridgehead atoms. The first-order valence-electron chi connectivity index (χ1n) is 5.47. The van der Waals surface area contributed by atoms with Crippen LogP contribution in [0.3, 0.4) is 0 Å². The monoisotopic (exact) mass is 216 g/mol. The Kier molecular flexibility index (Phi) is 8.56. The Morgan fingerprint density at radius 2 is 1.62 bits per heavy atom. The second-order valence-corrected chi connectivity index (χ2v) is 3.62. The van der Waals surface area contributed by atoms with Gasteiger partial charge < -0.3 is 5.41 Å². The summed E-state index contributed by atoms with van der Waals surface area (Å²) in [7, 11) is 0. The third kappa shape index (κ3) is 6.57. The van der Waals surface area contributed by atoms with Crippen molar-refractivity contribution in [1.82, 2.24) is 0 Å². The molecule has 0 fully saturated rings. The zero-order chi connectivity index (χ0) is 12.2. The van der Waals surface area contributed by atoms with Gasteiger partial charge in [0, 0.05) is 18.6 Å². The van der Waals surface area contributed by atoms with Crippen molar-refractivity contribution < 1.29 is 0 Å². The molecule has 0 aromatic carbocycles. The lowest BCUT2D eigenvalue weighted by Gasteiger charge is -2.09. The number of nitrogens with one attached hydrogen (secondary N) is 1. The van der Waals surface area contributed by atoms with Crippen molar-refractivity contribution in [3.05, 3.63) is 0 Å². The molecule has 16 heavy (non-hydrogen) atoms. The smallest absolute Gasteiger partial charge is 0.0838 e. The molecule has 0 heterocycles. The molecular weight excluding hydrogens is 200 g/mol. The summed E-state index contributed by atoms with van der Waals surface area (Å²) in [5.41, 5.74) is 0.443. The highest BCUT2D eigenvalue weighted by Gasteiger charge is 2.12. The Hall–Kier alpha value is -1.86. The van der Waals surface area contributed by atoms with Gasteiger partial charge in [0.05, 0.1) is 24.1 Å². The predicted molar refractivity (Wildman–Crippen MR) is 60.4 cm³/mol. The summed E-state index contributed by atoms with van der Waals surface area (Å²) in [6, 6.07) is 6.19. The van der Waals surface area contributed by atoms with Crippen molar-refractivity contribution in [2.45, 2.75) is 44.9 Å². The van der Waals surface area contributed by atoms with Crippen LogP contribution in [-0.4, -0.2) is 5.71 Å². The van der Waals surface area contributed by atoms with Crippen molar-refractivity contribution >= 4 is 5.71 Å². The van der Waals surface area contributed by atoms with E-state index in [1.54, 1.807) is 0 Å². The van der Waals surface area contributed by atoms with Gasteiger partial charge in [0.2, 0.25) is 0 Å². The number of rotatable bonds is 8. The highest BCUT2D eigenvalue weighted by Crippen LogP contribution is 2.13. The van der Waals surface area contributed by atoms with Crippen LogP contribution in [0, 0.1) is 45.3 Å². The Labute approximate surface area is 96.6 Å². The molecule has 0 aromatic rings. The van der Waals surface area contributed by atoms with E-state index in [4.69, 9.17) is 21.2 Å². The molecule has 0 aliphatic carbocycles. The molecule has 1 N–H and O–H groups in total. The fourth-order valence-corrected chi connectivity index (χ4v) is 1.40. The zero-order valence-electron chi connectivity index (χ0n) is 9.37. The summed E-state index contributed by atoms with van der Waals surface area (Å²) < 4.78 is 0. The van der Waals surface area contributed by atoms with Crippen molar-refractivity contribution in [3.8, 4) is 18.2 Å². The minimum absolute atomic E-state index is 0.351. The average Bonchev–Trinajstić information content (AvgIpc) is 2.30. The zero-order valence-corrected chi connectivity index (χ0v) is 9.37. The van der Waals surface area contributed by atoms with Crippen molar-refractivity contribution in [3.63, 3.8) is 0 Å². The van der Waals surface area contributed by atoms with E-state index in [1.165, 1.54) is 0 Å². The number of hydrogen-bond acceptors (Lipinski definition) is 4. The maximum Gasteiger partial charge on any atom is 0.0838 e. The first kappa shape index (κ1) is 14.1. The first-order valence-corrected chi connectivity index (χ1v) is 5.47. The fraction of sp³-hybridized carbons (Fsp3) is 0.667. The van der Waals surface area contributed by atoms with Gasteiger partial charge in [-0.1, -0.05) is 0 Å². The van der Waals surface area contributed by atoms with Crippen LogP contribution >= 0.6 is 0 Å². The van der Waals surface area contributed by atoms with Crippen LogP contribution in [0.2, 0.25) is 0 Å². The van der Waals surface area contributed by atoms with Gasteiger partial charge in [0.1, 0.15) is 0 Å². The van der Waals surface area contributed by atoms with Crippen molar-refractivity contribution in [2.24, 2.45) is 5.92 Å². The topological polar surface area (TPSA) is 95.2 Å². The van der Waals surface area contributed by atoms with Gasteiger partial charge in [-0.25, -0.2) is 0 Å². The minimum atomic E-state index is -0.351. The molecular formula is C12H16N4. The molecule has 0 aromatic heterocycles. The van der Waals surface area contributed by atoms with E-state index in [2.05, 4.69) is 12.1 Å².